The molecule has 1 N–H and O–H groups in total. The Hall–Kier alpha value is -2.07. The molecule has 0 amide bonds. The summed E-state index contributed by atoms with van der Waals surface area (Å²) in [7, 11) is 3.37. The molecule has 0 aliphatic carbocycles. The molecule has 0 radical (unpaired) electrons. The highest BCUT2D eigenvalue weighted by Gasteiger charge is 2.27. The number of aromatic nitrogens is 1. The Morgan fingerprint density at radius 3 is 2.76 bits per heavy atom. The second-order valence-corrected chi connectivity index (χ2v) is 5.21. The van der Waals surface area contributed by atoms with Crippen LogP contribution in [0.5, 0.6) is 11.5 Å². The van der Waals surface area contributed by atoms with Crippen LogP contribution in [-0.4, -0.2) is 25.7 Å². The molecule has 2 heterocycles. The highest BCUT2D eigenvalue weighted by Crippen LogP contribution is 2.39. The highest BCUT2D eigenvalue weighted by atomic mass is 16.5. The molecule has 4 heteroatoms. The molecule has 110 valence electrons. The molecule has 1 aliphatic rings. The number of fused-ring (bicyclic) bond motifs is 1. The van der Waals surface area contributed by atoms with Gasteiger partial charge in [-0.05, 0) is 36.6 Å². The SMILES string of the molecule is COc1ccc2c(c1OC)CCNC2c1ncccc1C. The van der Waals surface area contributed by atoms with E-state index in [-0.39, 0.29) is 6.04 Å². The van der Waals surface area contributed by atoms with Crippen LogP contribution < -0.4 is 14.8 Å². The van der Waals surface area contributed by atoms with Crippen LogP contribution in [0.2, 0.25) is 0 Å². The van der Waals surface area contributed by atoms with Gasteiger partial charge in [0.25, 0.3) is 0 Å². The van der Waals surface area contributed by atoms with Gasteiger partial charge in [0.15, 0.2) is 11.5 Å². The van der Waals surface area contributed by atoms with E-state index in [0.717, 1.165) is 30.2 Å². The van der Waals surface area contributed by atoms with Crippen LogP contribution in [0.1, 0.15) is 28.4 Å². The molecule has 0 saturated heterocycles. The van der Waals surface area contributed by atoms with Crippen molar-refractivity contribution in [3.8, 4) is 11.5 Å². The quantitative estimate of drug-likeness (QED) is 0.941. The summed E-state index contributed by atoms with van der Waals surface area (Å²) in [6.07, 6.45) is 2.77. The third-order valence-corrected chi connectivity index (χ3v) is 4.04. The topological polar surface area (TPSA) is 43.4 Å². The van der Waals surface area contributed by atoms with Crippen LogP contribution in [0.3, 0.4) is 0 Å². The first kappa shape index (κ1) is 13.9. The molecule has 1 atom stereocenters. The Labute approximate surface area is 125 Å². The first-order valence-corrected chi connectivity index (χ1v) is 7.15. The number of benzene rings is 1. The summed E-state index contributed by atoms with van der Waals surface area (Å²) in [6, 6.07) is 8.25. The largest absolute Gasteiger partial charge is 0.493 e. The third-order valence-electron chi connectivity index (χ3n) is 4.04. The van der Waals surface area contributed by atoms with Gasteiger partial charge in [-0.25, -0.2) is 0 Å². The van der Waals surface area contributed by atoms with Crippen molar-refractivity contribution >= 4 is 0 Å². The van der Waals surface area contributed by atoms with E-state index in [9.17, 15) is 0 Å². The van der Waals surface area contributed by atoms with E-state index in [4.69, 9.17) is 9.47 Å². The molecule has 0 spiro atoms. The summed E-state index contributed by atoms with van der Waals surface area (Å²) >= 11 is 0. The minimum absolute atomic E-state index is 0.106. The zero-order valence-electron chi connectivity index (χ0n) is 12.6. The number of rotatable bonds is 3. The van der Waals surface area contributed by atoms with Crippen molar-refractivity contribution in [3.05, 3.63) is 52.8 Å². The van der Waals surface area contributed by atoms with E-state index >= 15 is 0 Å². The molecule has 21 heavy (non-hydrogen) atoms. The van der Waals surface area contributed by atoms with Gasteiger partial charge >= 0.3 is 0 Å². The fourth-order valence-corrected chi connectivity index (χ4v) is 3.03. The van der Waals surface area contributed by atoms with Crippen LogP contribution in [0.15, 0.2) is 30.5 Å². The first-order valence-electron chi connectivity index (χ1n) is 7.15. The maximum absolute atomic E-state index is 5.58. The van der Waals surface area contributed by atoms with Gasteiger partial charge < -0.3 is 14.8 Å². The molecule has 1 aromatic carbocycles. The summed E-state index contributed by atoms with van der Waals surface area (Å²) in [5.41, 5.74) is 4.70. The van der Waals surface area contributed by atoms with Crippen molar-refractivity contribution < 1.29 is 9.47 Å². The van der Waals surface area contributed by atoms with Crippen molar-refractivity contribution in [1.82, 2.24) is 10.3 Å². The van der Waals surface area contributed by atoms with Gasteiger partial charge in [-0.1, -0.05) is 12.1 Å². The fraction of sp³-hybridized carbons (Fsp3) is 0.353. The number of hydrogen-bond donors (Lipinski definition) is 1. The van der Waals surface area contributed by atoms with Crippen LogP contribution in [0, 0.1) is 6.92 Å². The summed E-state index contributed by atoms with van der Waals surface area (Å²) in [5.74, 6) is 1.63. The fourth-order valence-electron chi connectivity index (χ4n) is 3.03. The molecule has 4 nitrogen and oxygen atoms in total. The molecular formula is C17H20N2O2. The summed E-state index contributed by atoms with van der Waals surface area (Å²) in [6.45, 7) is 3.00. The van der Waals surface area contributed by atoms with Crippen molar-refractivity contribution in [1.29, 1.82) is 0 Å². The Kier molecular flexibility index (Phi) is 3.80. The lowest BCUT2D eigenvalue weighted by Crippen LogP contribution is -2.32. The van der Waals surface area contributed by atoms with E-state index in [1.54, 1.807) is 14.2 Å². The number of pyridine rings is 1. The molecule has 1 unspecified atom stereocenters. The predicted octanol–water partition coefficient (Wildman–Crippen LogP) is 2.64. The number of ether oxygens (including phenoxy) is 2. The maximum atomic E-state index is 5.58. The Balaban J connectivity index is 2.13. The van der Waals surface area contributed by atoms with E-state index in [2.05, 4.69) is 29.4 Å². The van der Waals surface area contributed by atoms with Crippen LogP contribution in [0.4, 0.5) is 0 Å². The van der Waals surface area contributed by atoms with Gasteiger partial charge in [0.05, 0.1) is 26.0 Å². The second kappa shape index (κ2) is 5.74. The predicted molar refractivity (Wildman–Crippen MR) is 82.1 cm³/mol. The molecular weight excluding hydrogens is 264 g/mol. The van der Waals surface area contributed by atoms with Crippen molar-refractivity contribution in [3.63, 3.8) is 0 Å². The lowest BCUT2D eigenvalue weighted by Gasteiger charge is -2.29. The Bertz CT molecular complexity index is 655. The lowest BCUT2D eigenvalue weighted by atomic mass is 9.90. The monoisotopic (exact) mass is 284 g/mol. The summed E-state index contributed by atoms with van der Waals surface area (Å²) in [4.78, 5) is 4.56. The lowest BCUT2D eigenvalue weighted by molar-refractivity contribution is 0.348. The molecule has 1 aromatic heterocycles. The summed E-state index contributed by atoms with van der Waals surface area (Å²) in [5, 5.41) is 3.56. The van der Waals surface area contributed by atoms with Crippen molar-refractivity contribution in [2.45, 2.75) is 19.4 Å². The Morgan fingerprint density at radius 1 is 1.19 bits per heavy atom. The van der Waals surface area contributed by atoms with Gasteiger partial charge in [0.1, 0.15) is 0 Å². The van der Waals surface area contributed by atoms with Crippen LogP contribution in [0.25, 0.3) is 0 Å². The number of nitrogens with one attached hydrogen (secondary N) is 1. The number of aryl methyl sites for hydroxylation is 1. The Morgan fingerprint density at radius 2 is 2.05 bits per heavy atom. The zero-order valence-corrected chi connectivity index (χ0v) is 12.6. The average molecular weight is 284 g/mol. The second-order valence-electron chi connectivity index (χ2n) is 5.21. The normalized spacial score (nSPS) is 17.2. The third kappa shape index (κ3) is 2.36. The average Bonchev–Trinajstić information content (AvgIpc) is 2.53. The number of nitrogens with zero attached hydrogens (tertiary/aromatic N) is 1. The summed E-state index contributed by atoms with van der Waals surface area (Å²) < 4.78 is 11.0. The van der Waals surface area contributed by atoms with Gasteiger partial charge in [-0.2, -0.15) is 0 Å². The minimum atomic E-state index is 0.106. The molecule has 0 saturated carbocycles. The number of hydrogen-bond acceptors (Lipinski definition) is 4. The zero-order chi connectivity index (χ0) is 14.8. The van der Waals surface area contributed by atoms with E-state index in [1.807, 2.05) is 18.3 Å². The molecule has 0 fully saturated rings. The van der Waals surface area contributed by atoms with Crippen LogP contribution >= 0.6 is 0 Å². The van der Waals surface area contributed by atoms with Crippen molar-refractivity contribution in [2.75, 3.05) is 20.8 Å². The number of methoxy groups -OCH3 is 2. The molecule has 2 aromatic rings. The minimum Gasteiger partial charge on any atom is -0.493 e. The standard InChI is InChI=1S/C17H20N2O2/c1-11-5-4-9-18-15(11)16-12-6-7-14(20-2)17(21-3)13(12)8-10-19-16/h4-7,9,16,19H,8,10H2,1-3H3. The van der Waals surface area contributed by atoms with E-state index in [1.165, 1.54) is 16.7 Å². The van der Waals surface area contributed by atoms with Gasteiger partial charge in [0.2, 0.25) is 0 Å². The van der Waals surface area contributed by atoms with E-state index < -0.39 is 0 Å². The maximum Gasteiger partial charge on any atom is 0.164 e. The van der Waals surface area contributed by atoms with E-state index in [0.29, 0.717) is 0 Å². The first-order chi connectivity index (χ1) is 10.3. The molecule has 1 aliphatic heterocycles. The molecule has 3 rings (SSSR count). The van der Waals surface area contributed by atoms with Crippen molar-refractivity contribution in [2.24, 2.45) is 0 Å². The van der Waals surface area contributed by atoms with Gasteiger partial charge in [-0.3, -0.25) is 4.98 Å². The van der Waals surface area contributed by atoms with Gasteiger partial charge in [0, 0.05) is 18.3 Å². The molecule has 0 bridgehead atoms. The smallest absolute Gasteiger partial charge is 0.164 e. The highest BCUT2D eigenvalue weighted by molar-refractivity contribution is 5.54. The van der Waals surface area contributed by atoms with Gasteiger partial charge in [-0.15, -0.1) is 0 Å². The van der Waals surface area contributed by atoms with Crippen LogP contribution in [-0.2, 0) is 6.42 Å².